The first-order valence-corrected chi connectivity index (χ1v) is 7.03. The van der Waals surface area contributed by atoms with Crippen molar-refractivity contribution in [3.8, 4) is 0 Å². The number of H-pyrrole nitrogens is 1. The van der Waals surface area contributed by atoms with Gasteiger partial charge < -0.3 is 10.1 Å². The first-order chi connectivity index (χ1) is 11.1. The number of fused-ring (bicyclic) bond motifs is 1. The number of carbonyl (C=O) groups excluding carboxylic acids is 2. The second-order valence-corrected chi connectivity index (χ2v) is 5.06. The standard InChI is InChI=1S/C17H15N3O3/c1-10-12(17(22)23-2)6-4-8-14(10)19-16(21)13-7-3-5-11-9-18-20-15(11)13/h3-9H,1-2H3,(H,18,20)(H,19,21). The van der Waals surface area contributed by atoms with Crippen molar-refractivity contribution in [1.82, 2.24) is 10.2 Å². The molecule has 6 nitrogen and oxygen atoms in total. The summed E-state index contributed by atoms with van der Waals surface area (Å²) in [5.74, 6) is -0.709. The van der Waals surface area contributed by atoms with Crippen LogP contribution in [0.4, 0.5) is 5.69 Å². The molecule has 0 aliphatic rings. The Labute approximate surface area is 132 Å². The van der Waals surface area contributed by atoms with Crippen LogP contribution in [0.5, 0.6) is 0 Å². The van der Waals surface area contributed by atoms with Crippen molar-refractivity contribution in [1.29, 1.82) is 0 Å². The van der Waals surface area contributed by atoms with E-state index in [4.69, 9.17) is 4.74 Å². The van der Waals surface area contributed by atoms with Gasteiger partial charge in [-0.25, -0.2) is 4.79 Å². The Hall–Kier alpha value is -3.15. The molecule has 1 aromatic heterocycles. The number of methoxy groups -OCH3 is 1. The predicted molar refractivity (Wildman–Crippen MR) is 86.6 cm³/mol. The topological polar surface area (TPSA) is 84.1 Å². The van der Waals surface area contributed by atoms with Crippen LogP contribution in [0.3, 0.4) is 0 Å². The molecule has 0 fully saturated rings. The number of ether oxygens (including phenoxy) is 1. The van der Waals surface area contributed by atoms with Crippen LogP contribution >= 0.6 is 0 Å². The molecular formula is C17H15N3O3. The smallest absolute Gasteiger partial charge is 0.338 e. The predicted octanol–water partition coefficient (Wildman–Crippen LogP) is 2.91. The van der Waals surface area contributed by atoms with Crippen LogP contribution in [-0.4, -0.2) is 29.2 Å². The summed E-state index contributed by atoms with van der Waals surface area (Å²) in [5, 5.41) is 10.5. The third-order valence-electron chi connectivity index (χ3n) is 3.71. The van der Waals surface area contributed by atoms with E-state index < -0.39 is 5.97 Å². The lowest BCUT2D eigenvalue weighted by Crippen LogP contribution is -2.15. The van der Waals surface area contributed by atoms with E-state index in [0.29, 0.717) is 27.9 Å². The molecule has 0 saturated carbocycles. The number of hydrogen-bond donors (Lipinski definition) is 2. The first kappa shape index (κ1) is 14.8. The summed E-state index contributed by atoms with van der Waals surface area (Å²) in [6.45, 7) is 1.76. The van der Waals surface area contributed by atoms with Gasteiger partial charge in [-0.3, -0.25) is 9.89 Å². The maximum Gasteiger partial charge on any atom is 0.338 e. The number of hydrogen-bond acceptors (Lipinski definition) is 4. The molecule has 1 heterocycles. The summed E-state index contributed by atoms with van der Waals surface area (Å²) in [4.78, 5) is 24.3. The lowest BCUT2D eigenvalue weighted by Gasteiger charge is -2.11. The highest BCUT2D eigenvalue weighted by Crippen LogP contribution is 2.22. The van der Waals surface area contributed by atoms with Crippen molar-refractivity contribution in [2.75, 3.05) is 12.4 Å². The molecule has 3 aromatic rings. The summed E-state index contributed by atoms with van der Waals surface area (Å²) < 4.78 is 4.74. The number of esters is 1. The fourth-order valence-corrected chi connectivity index (χ4v) is 2.45. The van der Waals surface area contributed by atoms with Crippen LogP contribution in [0.25, 0.3) is 10.9 Å². The lowest BCUT2D eigenvalue weighted by molar-refractivity contribution is 0.0599. The van der Waals surface area contributed by atoms with Crippen LogP contribution in [0.15, 0.2) is 42.6 Å². The second-order valence-electron chi connectivity index (χ2n) is 5.06. The van der Waals surface area contributed by atoms with Gasteiger partial charge in [0, 0.05) is 11.1 Å². The molecule has 0 bridgehead atoms. The number of para-hydroxylation sites is 1. The van der Waals surface area contributed by atoms with E-state index >= 15 is 0 Å². The Kier molecular flexibility index (Phi) is 3.80. The zero-order valence-corrected chi connectivity index (χ0v) is 12.7. The second kappa shape index (κ2) is 5.92. The van der Waals surface area contributed by atoms with Crippen LogP contribution in [0.2, 0.25) is 0 Å². The highest BCUT2D eigenvalue weighted by atomic mass is 16.5. The van der Waals surface area contributed by atoms with Gasteiger partial charge >= 0.3 is 5.97 Å². The summed E-state index contributed by atoms with van der Waals surface area (Å²) in [5.41, 5.74) is 2.80. The molecule has 3 rings (SSSR count). The number of aromatic amines is 1. The summed E-state index contributed by atoms with van der Waals surface area (Å²) >= 11 is 0. The van der Waals surface area contributed by atoms with Crippen LogP contribution in [0, 0.1) is 6.92 Å². The van der Waals surface area contributed by atoms with Crippen molar-refractivity contribution in [3.63, 3.8) is 0 Å². The number of aromatic nitrogens is 2. The van der Waals surface area contributed by atoms with E-state index in [1.807, 2.05) is 6.07 Å². The third kappa shape index (κ3) is 2.66. The van der Waals surface area contributed by atoms with Crippen molar-refractivity contribution < 1.29 is 14.3 Å². The molecule has 0 aliphatic carbocycles. The van der Waals surface area contributed by atoms with E-state index in [-0.39, 0.29) is 5.91 Å². The fourth-order valence-electron chi connectivity index (χ4n) is 2.45. The van der Waals surface area contributed by atoms with Gasteiger partial charge in [0.1, 0.15) is 0 Å². The molecular weight excluding hydrogens is 294 g/mol. The lowest BCUT2D eigenvalue weighted by atomic mass is 10.1. The van der Waals surface area contributed by atoms with Gasteiger partial charge in [0.05, 0.1) is 30.0 Å². The Morgan fingerprint density at radius 2 is 1.87 bits per heavy atom. The number of carbonyl (C=O) groups is 2. The molecule has 0 atom stereocenters. The van der Waals surface area contributed by atoms with Gasteiger partial charge in [-0.15, -0.1) is 0 Å². The zero-order valence-electron chi connectivity index (χ0n) is 12.7. The number of rotatable bonds is 3. The summed E-state index contributed by atoms with van der Waals surface area (Å²) in [6, 6.07) is 10.5. The minimum absolute atomic E-state index is 0.273. The fraction of sp³-hybridized carbons (Fsp3) is 0.118. The molecule has 0 radical (unpaired) electrons. The average molecular weight is 309 g/mol. The monoisotopic (exact) mass is 309 g/mol. The van der Waals surface area contributed by atoms with Gasteiger partial charge in [0.15, 0.2) is 0 Å². The number of benzene rings is 2. The Bertz CT molecular complexity index is 899. The van der Waals surface area contributed by atoms with Crippen LogP contribution in [-0.2, 0) is 4.74 Å². The first-order valence-electron chi connectivity index (χ1n) is 7.03. The molecule has 0 unspecified atom stereocenters. The molecule has 116 valence electrons. The van der Waals surface area contributed by atoms with Crippen molar-refractivity contribution in [2.45, 2.75) is 6.92 Å². The molecule has 2 N–H and O–H groups in total. The SMILES string of the molecule is COC(=O)c1cccc(NC(=O)c2cccc3cn[nH]c23)c1C. The van der Waals surface area contributed by atoms with Gasteiger partial charge in [-0.05, 0) is 30.7 Å². The normalized spacial score (nSPS) is 10.5. The average Bonchev–Trinajstić information content (AvgIpc) is 3.04. The van der Waals surface area contributed by atoms with Crippen molar-refractivity contribution in [2.24, 2.45) is 0 Å². The van der Waals surface area contributed by atoms with Crippen molar-refractivity contribution >= 4 is 28.5 Å². The summed E-state index contributed by atoms with van der Waals surface area (Å²) in [6.07, 6.45) is 1.66. The maximum atomic E-state index is 12.6. The minimum Gasteiger partial charge on any atom is -0.465 e. The van der Waals surface area contributed by atoms with Gasteiger partial charge in [0.25, 0.3) is 5.91 Å². The maximum absolute atomic E-state index is 12.6. The Morgan fingerprint density at radius 1 is 1.13 bits per heavy atom. The van der Waals surface area contributed by atoms with E-state index in [1.165, 1.54) is 7.11 Å². The Balaban J connectivity index is 1.95. The number of anilines is 1. The highest BCUT2D eigenvalue weighted by Gasteiger charge is 2.16. The van der Waals surface area contributed by atoms with Gasteiger partial charge in [0.2, 0.25) is 0 Å². The molecule has 0 spiro atoms. The van der Waals surface area contributed by atoms with E-state index in [9.17, 15) is 9.59 Å². The van der Waals surface area contributed by atoms with Gasteiger partial charge in [-0.2, -0.15) is 5.10 Å². The zero-order chi connectivity index (χ0) is 16.4. The quantitative estimate of drug-likeness (QED) is 0.729. The minimum atomic E-state index is -0.436. The largest absolute Gasteiger partial charge is 0.465 e. The van der Waals surface area contributed by atoms with Crippen LogP contribution in [0.1, 0.15) is 26.3 Å². The van der Waals surface area contributed by atoms with Crippen LogP contribution < -0.4 is 5.32 Å². The molecule has 23 heavy (non-hydrogen) atoms. The van der Waals surface area contributed by atoms with E-state index in [1.54, 1.807) is 43.5 Å². The number of nitrogens with zero attached hydrogens (tertiary/aromatic N) is 1. The Morgan fingerprint density at radius 3 is 2.65 bits per heavy atom. The van der Waals surface area contributed by atoms with Gasteiger partial charge in [-0.1, -0.05) is 18.2 Å². The van der Waals surface area contributed by atoms with Crippen molar-refractivity contribution in [3.05, 3.63) is 59.3 Å². The number of nitrogens with one attached hydrogen (secondary N) is 2. The third-order valence-corrected chi connectivity index (χ3v) is 3.71. The summed E-state index contributed by atoms with van der Waals surface area (Å²) in [7, 11) is 1.33. The molecule has 2 aromatic carbocycles. The molecule has 0 saturated heterocycles. The number of amides is 1. The molecule has 1 amide bonds. The van der Waals surface area contributed by atoms with E-state index in [2.05, 4.69) is 15.5 Å². The molecule has 0 aliphatic heterocycles. The molecule has 6 heteroatoms. The van der Waals surface area contributed by atoms with E-state index in [0.717, 1.165) is 5.39 Å². The highest BCUT2D eigenvalue weighted by molar-refractivity contribution is 6.12.